The van der Waals surface area contributed by atoms with Crippen molar-refractivity contribution < 1.29 is 13.7 Å². The maximum Gasteiger partial charge on any atom is 0.219 e. The zero-order valence-corrected chi connectivity index (χ0v) is 31.3. The normalized spacial score (nSPS) is 17.9. The van der Waals surface area contributed by atoms with Crippen molar-refractivity contribution in [2.24, 2.45) is 5.73 Å². The van der Waals surface area contributed by atoms with Crippen molar-refractivity contribution in [1.29, 1.82) is 0 Å². The molecule has 0 radical (unpaired) electrons. The van der Waals surface area contributed by atoms with Crippen LogP contribution in [-0.4, -0.2) is 50.6 Å². The second kappa shape index (κ2) is 19.7. The molecule has 49 heavy (non-hydrogen) atoms. The van der Waals surface area contributed by atoms with Crippen LogP contribution in [0.5, 0.6) is 5.75 Å². The molecular weight excluding hydrogens is 629 g/mol. The number of aryl methyl sites for hydroxylation is 2. The van der Waals surface area contributed by atoms with Crippen LogP contribution in [0, 0.1) is 0 Å². The van der Waals surface area contributed by atoms with Crippen molar-refractivity contribution in [1.82, 2.24) is 13.8 Å². The number of carbonyl (C=O) groups excluding carboxylic acids is 1. The van der Waals surface area contributed by atoms with Gasteiger partial charge in [-0.2, -0.15) is 0 Å². The predicted molar refractivity (Wildman–Crippen MR) is 204 cm³/mol. The van der Waals surface area contributed by atoms with Crippen LogP contribution >= 0.6 is 0 Å². The van der Waals surface area contributed by atoms with E-state index in [1.807, 2.05) is 72.9 Å². The van der Waals surface area contributed by atoms with E-state index in [1.165, 1.54) is 76.6 Å². The van der Waals surface area contributed by atoms with E-state index < -0.39 is 16.9 Å². The van der Waals surface area contributed by atoms with Gasteiger partial charge in [0.2, 0.25) is 5.91 Å². The van der Waals surface area contributed by atoms with Crippen molar-refractivity contribution in [3.8, 4) is 5.75 Å². The topological polar surface area (TPSA) is 80.8 Å². The van der Waals surface area contributed by atoms with Gasteiger partial charge in [0.1, 0.15) is 16.7 Å². The number of piperidine rings is 1. The molecule has 3 heterocycles. The van der Waals surface area contributed by atoms with E-state index in [4.69, 9.17) is 10.5 Å². The maximum absolute atomic E-state index is 13.3. The second-order valence-electron chi connectivity index (χ2n) is 12.9. The lowest BCUT2D eigenvalue weighted by atomic mass is 9.90. The summed E-state index contributed by atoms with van der Waals surface area (Å²) in [6.45, 7) is 13.3. The Kier molecular flexibility index (Phi) is 15.4. The van der Waals surface area contributed by atoms with Crippen LogP contribution in [0.4, 0.5) is 0 Å². The Bertz CT molecular complexity index is 1650. The summed E-state index contributed by atoms with van der Waals surface area (Å²) >= 11 is 0. The molecule has 7 rings (SSSR count). The molecule has 3 aliphatic rings. The molecule has 1 fully saturated rings. The molecule has 1 aliphatic carbocycles. The van der Waals surface area contributed by atoms with Gasteiger partial charge in [-0.1, -0.05) is 70.9 Å². The number of hydrogen-bond donors (Lipinski definition) is 1. The molecule has 3 aromatic carbocycles. The smallest absolute Gasteiger partial charge is 0.219 e. The lowest BCUT2D eigenvalue weighted by Gasteiger charge is -2.35. The predicted octanol–water partition coefficient (Wildman–Crippen LogP) is 8.60. The van der Waals surface area contributed by atoms with Gasteiger partial charge in [0.25, 0.3) is 0 Å². The zero-order chi connectivity index (χ0) is 35.2. The first-order valence-corrected chi connectivity index (χ1v) is 19.5. The van der Waals surface area contributed by atoms with Crippen molar-refractivity contribution >= 4 is 27.7 Å². The maximum atomic E-state index is 13.3. The number of carbonyl (C=O) groups is 1. The molecule has 8 heteroatoms. The van der Waals surface area contributed by atoms with Gasteiger partial charge in [-0.05, 0) is 115 Å². The minimum absolute atomic E-state index is 0.139. The summed E-state index contributed by atoms with van der Waals surface area (Å²) < 4.78 is 22.6. The number of amides is 1. The summed E-state index contributed by atoms with van der Waals surface area (Å²) in [5, 5.41) is 2.02. The SMILES string of the molecule is CC.CCC.COc1ccc2cc(S(=O)N3CCn4cccc4C3CC(N)=O)ccc2c1.c1cc2c(cc1CN1CCCCC1)CCCC2. The van der Waals surface area contributed by atoms with E-state index in [2.05, 4.69) is 41.5 Å². The van der Waals surface area contributed by atoms with Crippen LogP contribution < -0.4 is 10.5 Å². The molecule has 0 spiro atoms. The highest BCUT2D eigenvalue weighted by atomic mass is 32.2. The monoisotopic (exact) mass is 686 g/mol. The number of benzene rings is 3. The number of aromatic nitrogens is 1. The summed E-state index contributed by atoms with van der Waals surface area (Å²) in [7, 11) is 0.245. The molecule has 1 aromatic heterocycles. The lowest BCUT2D eigenvalue weighted by molar-refractivity contribution is -0.119. The highest BCUT2D eigenvalue weighted by Gasteiger charge is 2.33. The van der Waals surface area contributed by atoms with E-state index in [1.54, 1.807) is 18.2 Å². The Morgan fingerprint density at radius 2 is 1.53 bits per heavy atom. The third kappa shape index (κ3) is 10.5. The van der Waals surface area contributed by atoms with E-state index in [0.29, 0.717) is 11.4 Å². The molecule has 2 atom stereocenters. The summed E-state index contributed by atoms with van der Waals surface area (Å²) in [4.78, 5) is 14.9. The Hall–Kier alpha value is -3.46. The van der Waals surface area contributed by atoms with Crippen molar-refractivity contribution in [2.45, 2.75) is 110 Å². The Morgan fingerprint density at radius 1 is 0.837 bits per heavy atom. The first-order chi connectivity index (χ1) is 23.9. The average molecular weight is 687 g/mol. The third-order valence-corrected chi connectivity index (χ3v) is 10.7. The van der Waals surface area contributed by atoms with Gasteiger partial charge in [-0.25, -0.2) is 8.51 Å². The highest BCUT2D eigenvalue weighted by molar-refractivity contribution is 7.82. The number of methoxy groups -OCH3 is 1. The fourth-order valence-electron chi connectivity index (χ4n) is 6.87. The van der Waals surface area contributed by atoms with Crippen LogP contribution in [-0.2, 0) is 41.7 Å². The largest absolute Gasteiger partial charge is 0.497 e. The van der Waals surface area contributed by atoms with Crippen LogP contribution in [0.3, 0.4) is 0 Å². The fraction of sp³-hybridized carbons (Fsp3) is 0.488. The number of hydrogen-bond acceptors (Lipinski definition) is 4. The highest BCUT2D eigenvalue weighted by Crippen LogP contribution is 2.33. The number of nitrogens with two attached hydrogens (primary N) is 1. The van der Waals surface area contributed by atoms with Gasteiger partial charge in [0.05, 0.1) is 18.0 Å². The molecule has 2 N–H and O–H groups in total. The summed E-state index contributed by atoms with van der Waals surface area (Å²) in [5.41, 5.74) is 11.2. The Morgan fingerprint density at radius 3 is 2.24 bits per heavy atom. The average Bonchev–Trinajstić information content (AvgIpc) is 3.62. The van der Waals surface area contributed by atoms with Crippen LogP contribution in [0.2, 0.25) is 0 Å². The quantitative estimate of drug-likeness (QED) is 0.211. The number of primary amides is 1. The van der Waals surface area contributed by atoms with Crippen molar-refractivity contribution in [3.05, 3.63) is 95.3 Å². The zero-order valence-electron chi connectivity index (χ0n) is 30.5. The van der Waals surface area contributed by atoms with Gasteiger partial charge in [-0.15, -0.1) is 0 Å². The van der Waals surface area contributed by atoms with E-state index in [0.717, 1.165) is 28.8 Å². The third-order valence-electron chi connectivity index (χ3n) is 9.21. The van der Waals surface area contributed by atoms with Gasteiger partial charge < -0.3 is 15.0 Å². The van der Waals surface area contributed by atoms with Gasteiger partial charge in [-0.3, -0.25) is 9.69 Å². The number of fused-ring (bicyclic) bond motifs is 3. The number of likely N-dealkylation sites (tertiary alicyclic amines) is 1. The summed E-state index contributed by atoms with van der Waals surface area (Å²) in [6.07, 6.45) is 13.0. The number of ether oxygens (including phenoxy) is 1. The molecule has 0 saturated carbocycles. The summed E-state index contributed by atoms with van der Waals surface area (Å²) in [5.74, 6) is 0.386. The van der Waals surface area contributed by atoms with Gasteiger partial charge in [0, 0.05) is 37.9 Å². The van der Waals surface area contributed by atoms with Gasteiger partial charge in [0.15, 0.2) is 0 Å². The standard InChI is InChI=1S/C20H21N3O3S.C16H23N.C3H8.C2H6/c1-26-16-6-4-15-12-17(7-5-14(15)11-16)27(25)23-10-9-22-8-2-3-18(22)19(23)13-20(21)24;1-4-10-17(11-5-1)13-14-8-9-15-6-2-3-7-16(15)12-14;1-3-2;1-2/h2-8,11-12,19H,9-10,13H2,1H3,(H2,21,24);8-9,12H,1-7,10-11,13H2;3H2,1-2H3;1-2H3. The van der Waals surface area contributed by atoms with Crippen LogP contribution in [0.15, 0.2) is 77.8 Å². The van der Waals surface area contributed by atoms with Crippen LogP contribution in [0.25, 0.3) is 10.8 Å². The van der Waals surface area contributed by atoms with Crippen molar-refractivity contribution in [2.75, 3.05) is 26.7 Å². The first kappa shape index (κ1) is 38.3. The molecular formula is C41H58N4O3S. The number of nitrogens with zero attached hydrogens (tertiary/aromatic N) is 3. The molecule has 2 aliphatic heterocycles. The first-order valence-electron chi connectivity index (χ1n) is 18.4. The molecule has 4 aromatic rings. The number of rotatable bonds is 7. The molecule has 1 saturated heterocycles. The molecule has 266 valence electrons. The van der Waals surface area contributed by atoms with E-state index in [9.17, 15) is 9.00 Å². The molecule has 1 amide bonds. The molecule has 2 unspecified atom stereocenters. The minimum Gasteiger partial charge on any atom is -0.497 e. The fourth-order valence-corrected chi connectivity index (χ4v) is 8.22. The Balaban J connectivity index is 0.000000210. The molecule has 7 nitrogen and oxygen atoms in total. The van der Waals surface area contributed by atoms with Crippen molar-refractivity contribution in [3.63, 3.8) is 0 Å². The molecule has 0 bridgehead atoms. The summed E-state index contributed by atoms with van der Waals surface area (Å²) in [6, 6.07) is 22.4. The van der Waals surface area contributed by atoms with Crippen LogP contribution in [0.1, 0.15) is 101 Å². The minimum atomic E-state index is -1.39. The second-order valence-corrected chi connectivity index (χ2v) is 14.4. The van der Waals surface area contributed by atoms with Gasteiger partial charge >= 0.3 is 0 Å². The lowest BCUT2D eigenvalue weighted by Crippen LogP contribution is -2.40. The van der Waals surface area contributed by atoms with E-state index in [-0.39, 0.29) is 12.5 Å². The van der Waals surface area contributed by atoms with E-state index >= 15 is 0 Å². The Labute approximate surface area is 297 Å².